The predicted molar refractivity (Wildman–Crippen MR) is 128 cm³/mol. The number of fused-ring (bicyclic) bond motifs is 4. The summed E-state index contributed by atoms with van der Waals surface area (Å²) in [4.78, 5) is 28.1. The third-order valence-electron chi connectivity index (χ3n) is 7.76. The van der Waals surface area contributed by atoms with Crippen LogP contribution in [-0.2, 0) is 4.79 Å². The first kappa shape index (κ1) is 21.7. The third kappa shape index (κ3) is 3.73. The largest absolute Gasteiger partial charge is 0.481 e. The molecular formula is C27H25FN4O3. The Labute approximate surface area is 201 Å². The van der Waals surface area contributed by atoms with Crippen LogP contribution in [0.25, 0.3) is 33.5 Å². The molecule has 0 atom stereocenters. The van der Waals surface area contributed by atoms with E-state index in [1.54, 1.807) is 18.5 Å². The molecule has 0 radical (unpaired) electrons. The predicted octanol–water partition coefficient (Wildman–Crippen LogP) is 5.69. The van der Waals surface area contributed by atoms with E-state index in [-0.39, 0.29) is 11.8 Å². The van der Waals surface area contributed by atoms with Crippen LogP contribution in [-0.4, -0.2) is 36.6 Å². The van der Waals surface area contributed by atoms with Gasteiger partial charge in [-0.2, -0.15) is 0 Å². The lowest BCUT2D eigenvalue weighted by atomic mass is 9.58. The Morgan fingerprint density at radius 1 is 1.00 bits per heavy atom. The van der Waals surface area contributed by atoms with Gasteiger partial charge in [-0.3, -0.25) is 4.79 Å². The first-order valence-corrected chi connectivity index (χ1v) is 11.9. The van der Waals surface area contributed by atoms with Crippen LogP contribution < -0.4 is 4.74 Å². The Kier molecular flexibility index (Phi) is 4.88. The SMILES string of the molecule is Cc1ccc2nc(-c3ccc(-c4cnc(OC56CCC(C(=O)O)(CC5)CC6)nc4)cc3F)[nH]c2c1. The Bertz CT molecular complexity index is 1420. The number of benzene rings is 2. The van der Waals surface area contributed by atoms with E-state index in [4.69, 9.17) is 4.74 Å². The lowest BCUT2D eigenvalue weighted by Gasteiger charge is -2.50. The van der Waals surface area contributed by atoms with E-state index < -0.39 is 17.0 Å². The number of hydrogen-bond acceptors (Lipinski definition) is 5. The summed E-state index contributed by atoms with van der Waals surface area (Å²) in [6.45, 7) is 2.00. The number of carboxylic acids is 1. The lowest BCUT2D eigenvalue weighted by molar-refractivity contribution is -0.163. The smallest absolute Gasteiger partial charge is 0.316 e. The maximum atomic E-state index is 15.0. The zero-order chi connectivity index (χ0) is 24.2. The van der Waals surface area contributed by atoms with Crippen LogP contribution in [0.3, 0.4) is 0 Å². The van der Waals surface area contributed by atoms with Gasteiger partial charge in [-0.05, 0) is 80.8 Å². The van der Waals surface area contributed by atoms with Crippen molar-refractivity contribution in [3.63, 3.8) is 0 Å². The van der Waals surface area contributed by atoms with Gasteiger partial charge in [-0.15, -0.1) is 0 Å². The van der Waals surface area contributed by atoms with Gasteiger partial charge < -0.3 is 14.8 Å². The molecule has 3 fully saturated rings. The molecule has 7 rings (SSSR count). The van der Waals surface area contributed by atoms with Crippen LogP contribution in [0.4, 0.5) is 4.39 Å². The summed E-state index contributed by atoms with van der Waals surface area (Å²) in [5, 5.41) is 9.57. The summed E-state index contributed by atoms with van der Waals surface area (Å²) in [6, 6.07) is 11.1. The van der Waals surface area contributed by atoms with Gasteiger partial charge in [0.25, 0.3) is 0 Å². The number of carbonyl (C=O) groups is 1. The molecule has 2 aromatic carbocycles. The number of H-pyrrole nitrogens is 1. The summed E-state index contributed by atoms with van der Waals surface area (Å²) in [7, 11) is 0. The summed E-state index contributed by atoms with van der Waals surface area (Å²) >= 11 is 0. The fourth-order valence-corrected chi connectivity index (χ4v) is 5.47. The first-order chi connectivity index (χ1) is 16.8. The number of carboxylic acid groups (broad SMARTS) is 1. The van der Waals surface area contributed by atoms with Crippen molar-refractivity contribution in [3.8, 4) is 28.5 Å². The number of hydrogen-bond donors (Lipinski definition) is 2. The fourth-order valence-electron chi connectivity index (χ4n) is 5.47. The van der Waals surface area contributed by atoms with Crippen LogP contribution in [0.15, 0.2) is 48.8 Å². The molecule has 2 N–H and O–H groups in total. The zero-order valence-corrected chi connectivity index (χ0v) is 19.3. The van der Waals surface area contributed by atoms with E-state index in [1.165, 1.54) is 6.07 Å². The van der Waals surface area contributed by atoms with Gasteiger partial charge in [0, 0.05) is 18.0 Å². The molecule has 3 saturated carbocycles. The third-order valence-corrected chi connectivity index (χ3v) is 7.76. The van der Waals surface area contributed by atoms with Gasteiger partial charge in [0.2, 0.25) is 0 Å². The molecule has 3 aliphatic carbocycles. The standard InChI is InChI=1S/C27H25FN4O3/c1-16-2-5-21-22(12-16)32-23(31-21)19-4-3-17(13-20(19)28)18-14-29-25(30-15-18)35-27-9-6-26(7-10-27,8-11-27)24(33)34/h2-5,12-15H,6-11H2,1H3,(H,31,32)(H,33,34). The van der Waals surface area contributed by atoms with Crippen LogP contribution >= 0.6 is 0 Å². The van der Waals surface area contributed by atoms with Crippen molar-refractivity contribution in [2.24, 2.45) is 5.41 Å². The molecule has 2 bridgehead atoms. The highest BCUT2D eigenvalue weighted by Crippen LogP contribution is 2.53. The summed E-state index contributed by atoms with van der Waals surface area (Å²) in [5.41, 5.74) is 3.52. The second-order valence-corrected chi connectivity index (χ2v) is 9.93. The molecule has 7 nitrogen and oxygen atoms in total. The number of aromatic amines is 1. The maximum absolute atomic E-state index is 15.0. The highest BCUT2D eigenvalue weighted by atomic mass is 19.1. The molecule has 178 valence electrons. The van der Waals surface area contributed by atoms with E-state index in [0.717, 1.165) is 16.6 Å². The molecule has 2 heterocycles. The van der Waals surface area contributed by atoms with E-state index in [2.05, 4.69) is 19.9 Å². The minimum atomic E-state index is -0.694. The van der Waals surface area contributed by atoms with Crippen molar-refractivity contribution in [3.05, 3.63) is 60.2 Å². The van der Waals surface area contributed by atoms with Crippen LogP contribution in [0.1, 0.15) is 44.1 Å². The molecule has 3 aliphatic rings. The number of aromatic nitrogens is 4. The van der Waals surface area contributed by atoms with E-state index >= 15 is 4.39 Å². The van der Waals surface area contributed by atoms with Crippen molar-refractivity contribution in [1.29, 1.82) is 0 Å². The zero-order valence-electron chi connectivity index (χ0n) is 19.3. The molecule has 0 spiro atoms. The minimum absolute atomic E-state index is 0.271. The number of nitrogens with zero attached hydrogens (tertiary/aromatic N) is 3. The van der Waals surface area contributed by atoms with Gasteiger partial charge >= 0.3 is 12.0 Å². The maximum Gasteiger partial charge on any atom is 0.316 e. The number of nitrogens with one attached hydrogen (secondary N) is 1. The number of aryl methyl sites for hydroxylation is 1. The normalized spacial score (nSPS) is 23.5. The molecule has 0 amide bonds. The topological polar surface area (TPSA) is 101 Å². The fraction of sp³-hybridized carbons (Fsp3) is 0.333. The number of imidazole rings is 1. The van der Waals surface area contributed by atoms with E-state index in [9.17, 15) is 9.90 Å². The van der Waals surface area contributed by atoms with E-state index in [0.29, 0.717) is 61.0 Å². The van der Waals surface area contributed by atoms with Crippen molar-refractivity contribution >= 4 is 17.0 Å². The summed E-state index contributed by atoms with van der Waals surface area (Å²) in [6.07, 6.45) is 7.20. The van der Waals surface area contributed by atoms with Crippen molar-refractivity contribution in [2.45, 2.75) is 51.0 Å². The second kappa shape index (κ2) is 7.86. The molecule has 8 heteroatoms. The first-order valence-electron chi connectivity index (χ1n) is 11.9. The van der Waals surface area contributed by atoms with Gasteiger partial charge in [-0.1, -0.05) is 12.1 Å². The highest BCUT2D eigenvalue weighted by molar-refractivity contribution is 5.80. The molecular weight excluding hydrogens is 447 g/mol. The second-order valence-electron chi connectivity index (χ2n) is 9.93. The number of halogens is 1. The van der Waals surface area contributed by atoms with Gasteiger partial charge in [0.05, 0.1) is 22.0 Å². The van der Waals surface area contributed by atoms with Crippen molar-refractivity contribution in [1.82, 2.24) is 19.9 Å². The summed E-state index contributed by atoms with van der Waals surface area (Å²) in [5.74, 6) is -0.593. The average molecular weight is 473 g/mol. The number of ether oxygens (including phenoxy) is 1. The Morgan fingerprint density at radius 3 is 2.37 bits per heavy atom. The van der Waals surface area contributed by atoms with Gasteiger partial charge in [0.1, 0.15) is 17.2 Å². The van der Waals surface area contributed by atoms with Gasteiger partial charge in [0.15, 0.2) is 0 Å². The Morgan fingerprint density at radius 2 is 1.71 bits per heavy atom. The number of rotatable bonds is 5. The number of aliphatic carboxylic acids is 1. The lowest BCUT2D eigenvalue weighted by Crippen LogP contribution is -2.52. The minimum Gasteiger partial charge on any atom is -0.481 e. The quantitative estimate of drug-likeness (QED) is 0.387. The average Bonchev–Trinajstić information content (AvgIpc) is 3.28. The molecule has 0 unspecified atom stereocenters. The molecule has 2 aromatic heterocycles. The Hall–Kier alpha value is -3.81. The van der Waals surface area contributed by atoms with Crippen molar-refractivity contribution in [2.75, 3.05) is 0 Å². The molecule has 35 heavy (non-hydrogen) atoms. The summed E-state index contributed by atoms with van der Waals surface area (Å²) < 4.78 is 21.2. The van der Waals surface area contributed by atoms with Crippen LogP contribution in [0.5, 0.6) is 6.01 Å². The van der Waals surface area contributed by atoms with E-state index in [1.807, 2.05) is 31.2 Å². The molecule has 0 saturated heterocycles. The van der Waals surface area contributed by atoms with Crippen molar-refractivity contribution < 1.29 is 19.0 Å². The van der Waals surface area contributed by atoms with Crippen LogP contribution in [0.2, 0.25) is 0 Å². The monoisotopic (exact) mass is 472 g/mol. The van der Waals surface area contributed by atoms with Gasteiger partial charge in [-0.25, -0.2) is 19.3 Å². The molecule has 0 aliphatic heterocycles. The Balaban J connectivity index is 1.19. The molecule has 4 aromatic rings. The van der Waals surface area contributed by atoms with Crippen LogP contribution in [0, 0.1) is 18.2 Å². The highest BCUT2D eigenvalue weighted by Gasteiger charge is 2.54.